The molecule has 0 saturated carbocycles. The highest BCUT2D eigenvalue weighted by molar-refractivity contribution is 7.92. The molecule has 3 aromatic carbocycles. The maximum absolute atomic E-state index is 13.5. The predicted molar refractivity (Wildman–Crippen MR) is 163 cm³/mol. The van der Waals surface area contributed by atoms with Gasteiger partial charge in [0.1, 0.15) is 11.9 Å². The number of sulfonamides is 1. The van der Waals surface area contributed by atoms with Gasteiger partial charge in [-0.25, -0.2) is 8.42 Å². The van der Waals surface area contributed by atoms with Crippen molar-refractivity contribution < 1.29 is 32.5 Å². The summed E-state index contributed by atoms with van der Waals surface area (Å²) < 4.78 is 46.2. The third-order valence-corrected chi connectivity index (χ3v) is 9.32. The fourth-order valence-electron chi connectivity index (χ4n) is 5.26. The molecule has 0 aromatic heterocycles. The number of likely N-dealkylation sites (N-methyl/N-ethyl adjacent to an activating group) is 1. The molecule has 2 aliphatic heterocycles. The number of carbonyl (C=O) groups is 1. The van der Waals surface area contributed by atoms with Gasteiger partial charge in [0.2, 0.25) is 12.7 Å². The number of fused-ring (bicyclic) bond motifs is 2. The van der Waals surface area contributed by atoms with Crippen LogP contribution in [-0.2, 0) is 27.8 Å². The number of halogens is 1. The zero-order valence-electron chi connectivity index (χ0n) is 24.3. The fourth-order valence-corrected chi connectivity index (χ4v) is 6.44. The van der Waals surface area contributed by atoms with Gasteiger partial charge in [-0.1, -0.05) is 24.6 Å². The van der Waals surface area contributed by atoms with Crippen molar-refractivity contribution in [1.29, 1.82) is 0 Å². The zero-order valence-corrected chi connectivity index (χ0v) is 25.9. The van der Waals surface area contributed by atoms with Crippen LogP contribution in [0.4, 0.5) is 5.69 Å². The summed E-state index contributed by atoms with van der Waals surface area (Å²) in [6.45, 7) is 5.46. The van der Waals surface area contributed by atoms with Gasteiger partial charge in [-0.3, -0.25) is 14.4 Å². The minimum Gasteiger partial charge on any atom is -0.488 e. The Morgan fingerprint density at radius 1 is 1.07 bits per heavy atom. The molecule has 5 rings (SSSR count). The normalized spacial score (nSPS) is 19.2. The Balaban J connectivity index is 1.40. The molecule has 10 nitrogen and oxygen atoms in total. The smallest absolute Gasteiger partial charge is 0.261 e. The van der Waals surface area contributed by atoms with Gasteiger partial charge >= 0.3 is 0 Å². The van der Waals surface area contributed by atoms with Crippen LogP contribution in [0.3, 0.4) is 0 Å². The van der Waals surface area contributed by atoms with Crippen molar-refractivity contribution in [2.75, 3.05) is 38.3 Å². The van der Waals surface area contributed by atoms with Crippen LogP contribution in [0.5, 0.6) is 17.2 Å². The summed E-state index contributed by atoms with van der Waals surface area (Å²) in [7, 11) is -1.89. The first-order valence-electron chi connectivity index (χ1n) is 14.1. The molecule has 0 unspecified atom stereocenters. The summed E-state index contributed by atoms with van der Waals surface area (Å²) in [4.78, 5) is 17.4. The Bertz CT molecular complexity index is 1570. The lowest BCUT2D eigenvalue weighted by Gasteiger charge is -2.34. The van der Waals surface area contributed by atoms with E-state index in [1.54, 1.807) is 23.1 Å². The molecule has 0 aliphatic carbocycles. The van der Waals surface area contributed by atoms with E-state index in [-0.39, 0.29) is 42.6 Å². The van der Waals surface area contributed by atoms with Crippen LogP contribution in [0.15, 0.2) is 65.6 Å². The lowest BCUT2D eigenvalue weighted by atomic mass is 10.0. The summed E-state index contributed by atoms with van der Waals surface area (Å²) in [5, 5.41) is 10.3. The number of aliphatic hydroxyl groups is 1. The van der Waals surface area contributed by atoms with E-state index in [2.05, 4.69) is 9.62 Å². The minimum absolute atomic E-state index is 0.0112. The zero-order chi connectivity index (χ0) is 30.7. The third-order valence-electron chi connectivity index (χ3n) is 7.67. The molecule has 2 heterocycles. The highest BCUT2D eigenvalue weighted by Crippen LogP contribution is 2.33. The molecule has 2 aliphatic rings. The molecule has 0 radical (unpaired) electrons. The van der Waals surface area contributed by atoms with Crippen molar-refractivity contribution in [1.82, 2.24) is 9.80 Å². The maximum atomic E-state index is 13.5. The van der Waals surface area contributed by atoms with E-state index in [0.29, 0.717) is 41.7 Å². The average Bonchev–Trinajstić information content (AvgIpc) is 3.45. The number of nitrogens with one attached hydrogen (secondary N) is 1. The third kappa shape index (κ3) is 7.35. The molecule has 0 spiro atoms. The van der Waals surface area contributed by atoms with Crippen LogP contribution in [0.25, 0.3) is 0 Å². The van der Waals surface area contributed by atoms with Crippen molar-refractivity contribution >= 4 is 33.2 Å². The number of hydrogen-bond acceptors (Lipinski definition) is 8. The Hall–Kier alpha value is -3.51. The number of carbonyl (C=O) groups excluding carboxylic acids is 1. The Labute approximate surface area is 257 Å². The van der Waals surface area contributed by atoms with Gasteiger partial charge in [-0.15, -0.1) is 0 Å². The molecule has 2 N–H and O–H groups in total. The SMILES string of the molecule is C[C@@H]1CN([C@H](C)CO)C(=O)Cc2cc(NS(=O)(=O)c3ccc(Cl)cc3)ccc2O[C@H]1CN(C)Cc1ccc2c(c1)OCO2. The molecular weight excluding hydrogens is 594 g/mol. The molecule has 3 aromatic rings. The first-order chi connectivity index (χ1) is 20.5. The standard InChI is InChI=1S/C31H36ClN3O7S/c1-20-15-35(21(2)18-36)31(37)14-23-13-25(33-43(38,39)26-8-5-24(32)6-9-26)7-11-27(23)42-30(20)17-34(3)16-22-4-10-28-29(12-22)41-19-40-28/h4-13,20-21,30,33,36H,14-19H2,1-3H3/t20-,21-,30+/m1/s1. The van der Waals surface area contributed by atoms with Crippen LogP contribution < -0.4 is 18.9 Å². The predicted octanol–water partition coefficient (Wildman–Crippen LogP) is 4.15. The van der Waals surface area contributed by atoms with Gasteiger partial charge in [0, 0.05) is 41.8 Å². The van der Waals surface area contributed by atoms with Crippen LogP contribution in [0.1, 0.15) is 25.0 Å². The van der Waals surface area contributed by atoms with E-state index in [0.717, 1.165) is 17.1 Å². The van der Waals surface area contributed by atoms with E-state index in [1.165, 1.54) is 24.3 Å². The van der Waals surface area contributed by atoms with Crippen molar-refractivity contribution in [3.63, 3.8) is 0 Å². The van der Waals surface area contributed by atoms with E-state index >= 15 is 0 Å². The molecular formula is C31H36ClN3O7S. The molecule has 0 saturated heterocycles. The summed E-state index contributed by atoms with van der Waals surface area (Å²) in [6, 6.07) is 16.3. The van der Waals surface area contributed by atoms with Gasteiger partial charge < -0.3 is 24.2 Å². The lowest BCUT2D eigenvalue weighted by Crippen LogP contribution is -2.47. The van der Waals surface area contributed by atoms with Crippen LogP contribution in [0.2, 0.25) is 5.02 Å². The van der Waals surface area contributed by atoms with E-state index < -0.39 is 16.1 Å². The van der Waals surface area contributed by atoms with E-state index in [4.69, 9.17) is 25.8 Å². The lowest BCUT2D eigenvalue weighted by molar-refractivity contribution is -0.134. The number of anilines is 1. The molecule has 12 heteroatoms. The van der Waals surface area contributed by atoms with Crippen molar-refractivity contribution in [3.8, 4) is 17.2 Å². The molecule has 3 atom stereocenters. The fraction of sp³-hybridized carbons (Fsp3) is 0.387. The van der Waals surface area contributed by atoms with Crippen molar-refractivity contribution in [2.24, 2.45) is 5.92 Å². The van der Waals surface area contributed by atoms with Gasteiger partial charge in [-0.2, -0.15) is 0 Å². The summed E-state index contributed by atoms with van der Waals surface area (Å²) in [6.07, 6.45) is -0.323. The molecule has 0 fully saturated rings. The highest BCUT2D eigenvalue weighted by atomic mass is 35.5. The Morgan fingerprint density at radius 2 is 1.79 bits per heavy atom. The number of rotatable bonds is 9. The quantitative estimate of drug-likeness (QED) is 0.363. The Kier molecular flexibility index (Phi) is 9.36. The van der Waals surface area contributed by atoms with Crippen LogP contribution >= 0.6 is 11.6 Å². The van der Waals surface area contributed by atoms with Crippen molar-refractivity contribution in [2.45, 2.75) is 43.9 Å². The van der Waals surface area contributed by atoms with Gasteiger partial charge in [0.25, 0.3) is 10.0 Å². The second kappa shape index (κ2) is 13.0. The van der Waals surface area contributed by atoms with Crippen molar-refractivity contribution in [3.05, 3.63) is 76.8 Å². The highest BCUT2D eigenvalue weighted by Gasteiger charge is 2.31. The van der Waals surface area contributed by atoms with Gasteiger partial charge in [-0.05, 0) is 74.1 Å². The second-order valence-electron chi connectivity index (χ2n) is 11.2. The van der Waals surface area contributed by atoms with Gasteiger partial charge in [0.15, 0.2) is 11.5 Å². The number of hydrogen-bond donors (Lipinski definition) is 2. The first kappa shape index (κ1) is 30.9. The topological polar surface area (TPSA) is 118 Å². The number of benzene rings is 3. The van der Waals surface area contributed by atoms with Crippen LogP contribution in [-0.4, -0.2) is 74.9 Å². The Morgan fingerprint density at radius 3 is 2.53 bits per heavy atom. The summed E-state index contributed by atoms with van der Waals surface area (Å²) in [5.74, 6) is 1.71. The average molecular weight is 630 g/mol. The number of nitrogens with zero attached hydrogens (tertiary/aromatic N) is 2. The molecule has 0 bridgehead atoms. The number of amides is 1. The largest absolute Gasteiger partial charge is 0.488 e. The number of ether oxygens (including phenoxy) is 3. The first-order valence-corrected chi connectivity index (χ1v) is 15.9. The minimum atomic E-state index is -3.89. The maximum Gasteiger partial charge on any atom is 0.261 e. The van der Waals surface area contributed by atoms with E-state index in [1.807, 2.05) is 39.1 Å². The molecule has 230 valence electrons. The summed E-state index contributed by atoms with van der Waals surface area (Å²) in [5.41, 5.74) is 1.91. The molecule has 43 heavy (non-hydrogen) atoms. The van der Waals surface area contributed by atoms with Gasteiger partial charge in [0.05, 0.1) is 24.0 Å². The molecule has 1 amide bonds. The second-order valence-corrected chi connectivity index (χ2v) is 13.3. The number of aliphatic hydroxyl groups excluding tert-OH is 1. The van der Waals surface area contributed by atoms with Crippen LogP contribution in [0, 0.1) is 5.92 Å². The summed E-state index contributed by atoms with van der Waals surface area (Å²) >= 11 is 5.92. The van der Waals surface area contributed by atoms with E-state index in [9.17, 15) is 18.3 Å². The monoisotopic (exact) mass is 629 g/mol.